The van der Waals surface area contributed by atoms with Crippen LogP contribution < -0.4 is 0 Å². The number of sulfone groups is 1. The third-order valence-corrected chi connectivity index (χ3v) is 4.40. The Balaban J connectivity index is 2.70. The van der Waals surface area contributed by atoms with Gasteiger partial charge < -0.3 is 10.2 Å². The predicted octanol–water partition coefficient (Wildman–Crippen LogP) is -0.352. The zero-order valence-electron chi connectivity index (χ0n) is 7.77. The summed E-state index contributed by atoms with van der Waals surface area (Å²) in [5.41, 5.74) is -0.725. The second kappa shape index (κ2) is 3.86. The number of carboxylic acids is 1. The largest absolute Gasteiger partial charge is 0.481 e. The van der Waals surface area contributed by atoms with Crippen LogP contribution in [0.5, 0.6) is 0 Å². The average Bonchev–Trinajstić information content (AvgIpc) is 2.09. The van der Waals surface area contributed by atoms with Crippen LogP contribution in [-0.4, -0.2) is 42.7 Å². The van der Waals surface area contributed by atoms with Crippen molar-refractivity contribution in [1.82, 2.24) is 0 Å². The van der Waals surface area contributed by atoms with Gasteiger partial charge in [-0.15, -0.1) is 0 Å². The van der Waals surface area contributed by atoms with Crippen LogP contribution in [0.4, 0.5) is 0 Å². The maximum absolute atomic E-state index is 11.1. The van der Waals surface area contributed by atoms with Gasteiger partial charge in [-0.25, -0.2) is 8.42 Å². The molecule has 1 fully saturated rings. The third kappa shape index (κ3) is 2.68. The normalized spacial score (nSPS) is 24.4. The molecule has 1 aliphatic heterocycles. The summed E-state index contributed by atoms with van der Waals surface area (Å²) in [7, 11) is -3.00. The fourth-order valence-electron chi connectivity index (χ4n) is 1.68. The first-order chi connectivity index (χ1) is 6.39. The van der Waals surface area contributed by atoms with Gasteiger partial charge in [0.2, 0.25) is 0 Å². The predicted molar refractivity (Wildman–Crippen MR) is 49.7 cm³/mol. The quantitative estimate of drug-likeness (QED) is 0.681. The highest BCUT2D eigenvalue weighted by atomic mass is 32.2. The van der Waals surface area contributed by atoms with Crippen molar-refractivity contribution in [3.63, 3.8) is 0 Å². The first-order valence-electron chi connectivity index (χ1n) is 4.42. The van der Waals surface area contributed by atoms with E-state index in [4.69, 9.17) is 10.2 Å². The molecular formula is C8H14O5S. The molecule has 0 amide bonds. The molecule has 0 atom stereocenters. The highest BCUT2D eigenvalue weighted by Crippen LogP contribution is 2.35. The van der Waals surface area contributed by atoms with Crippen LogP contribution in [0.15, 0.2) is 0 Å². The van der Waals surface area contributed by atoms with Crippen molar-refractivity contribution in [2.75, 3.05) is 18.1 Å². The van der Waals surface area contributed by atoms with Gasteiger partial charge in [-0.05, 0) is 12.8 Å². The first kappa shape index (κ1) is 11.5. The highest BCUT2D eigenvalue weighted by molar-refractivity contribution is 7.91. The van der Waals surface area contributed by atoms with Gasteiger partial charge in [0.05, 0.1) is 17.9 Å². The van der Waals surface area contributed by atoms with Crippen molar-refractivity contribution in [2.45, 2.75) is 19.3 Å². The minimum absolute atomic E-state index is 0.0131. The Morgan fingerprint density at radius 2 is 1.79 bits per heavy atom. The number of aliphatic carboxylic acids is 1. The second-order valence-electron chi connectivity index (χ2n) is 3.88. The summed E-state index contributed by atoms with van der Waals surface area (Å²) in [5.74, 6) is -1.01. The van der Waals surface area contributed by atoms with E-state index in [2.05, 4.69) is 0 Å². The number of aliphatic hydroxyl groups excluding tert-OH is 1. The zero-order valence-corrected chi connectivity index (χ0v) is 8.59. The average molecular weight is 222 g/mol. The van der Waals surface area contributed by atoms with Crippen molar-refractivity contribution in [2.24, 2.45) is 5.41 Å². The number of carbonyl (C=O) groups is 1. The summed E-state index contributed by atoms with van der Waals surface area (Å²) >= 11 is 0. The Morgan fingerprint density at radius 1 is 1.29 bits per heavy atom. The molecular weight excluding hydrogens is 208 g/mol. The fourth-order valence-corrected chi connectivity index (χ4v) is 3.37. The lowest BCUT2D eigenvalue weighted by atomic mass is 9.80. The molecule has 0 aromatic carbocycles. The summed E-state index contributed by atoms with van der Waals surface area (Å²) < 4.78 is 22.2. The minimum Gasteiger partial charge on any atom is -0.481 e. The molecule has 1 saturated heterocycles. The number of carboxylic acid groups (broad SMARTS) is 1. The summed E-state index contributed by atoms with van der Waals surface area (Å²) in [5, 5.41) is 17.7. The number of hydrogen-bond acceptors (Lipinski definition) is 4. The van der Waals surface area contributed by atoms with Gasteiger partial charge in [-0.3, -0.25) is 4.79 Å². The summed E-state index contributed by atoms with van der Waals surface area (Å²) in [6.45, 7) is -0.255. The summed E-state index contributed by atoms with van der Waals surface area (Å²) in [6, 6.07) is 0. The Labute approximate surface area is 82.7 Å². The Morgan fingerprint density at radius 3 is 2.14 bits per heavy atom. The van der Waals surface area contributed by atoms with Gasteiger partial charge in [0.25, 0.3) is 0 Å². The lowest BCUT2D eigenvalue weighted by Gasteiger charge is -2.33. The molecule has 1 aliphatic rings. The molecule has 0 saturated carbocycles. The van der Waals surface area contributed by atoms with Crippen LogP contribution in [0.2, 0.25) is 0 Å². The van der Waals surface area contributed by atoms with Gasteiger partial charge in [0.15, 0.2) is 0 Å². The molecule has 14 heavy (non-hydrogen) atoms. The van der Waals surface area contributed by atoms with Crippen molar-refractivity contribution in [3.05, 3.63) is 0 Å². The lowest BCUT2D eigenvalue weighted by Crippen LogP contribution is -2.38. The van der Waals surface area contributed by atoms with E-state index < -0.39 is 21.2 Å². The number of rotatable bonds is 3. The molecule has 0 unspecified atom stereocenters. The number of hydrogen-bond donors (Lipinski definition) is 2. The van der Waals surface area contributed by atoms with E-state index in [1.165, 1.54) is 0 Å². The van der Waals surface area contributed by atoms with Gasteiger partial charge in [0, 0.05) is 12.0 Å². The summed E-state index contributed by atoms with van der Waals surface area (Å²) in [6.07, 6.45) is 0.343. The third-order valence-electron chi connectivity index (χ3n) is 2.75. The SMILES string of the molecule is O=C(O)CC1(CO)CCS(=O)(=O)CC1. The van der Waals surface area contributed by atoms with Gasteiger partial charge in [-0.1, -0.05) is 0 Å². The van der Waals surface area contributed by atoms with Crippen LogP contribution in [0.1, 0.15) is 19.3 Å². The first-order valence-corrected chi connectivity index (χ1v) is 6.24. The molecule has 1 heterocycles. The Bertz CT molecular complexity index is 305. The maximum atomic E-state index is 11.1. The van der Waals surface area contributed by atoms with E-state index in [0.29, 0.717) is 0 Å². The molecule has 0 spiro atoms. The molecule has 2 N–H and O–H groups in total. The van der Waals surface area contributed by atoms with Crippen molar-refractivity contribution < 1.29 is 23.4 Å². The van der Waals surface area contributed by atoms with Crippen LogP contribution in [-0.2, 0) is 14.6 Å². The van der Waals surface area contributed by atoms with E-state index >= 15 is 0 Å². The monoisotopic (exact) mass is 222 g/mol. The molecule has 0 bridgehead atoms. The molecule has 82 valence electrons. The molecule has 6 heteroatoms. The topological polar surface area (TPSA) is 91.7 Å². The Hall–Kier alpha value is -0.620. The zero-order chi connectivity index (χ0) is 10.8. The molecule has 0 aromatic rings. The fraction of sp³-hybridized carbons (Fsp3) is 0.875. The van der Waals surface area contributed by atoms with Crippen LogP contribution in [0, 0.1) is 5.41 Å². The van der Waals surface area contributed by atoms with E-state index in [1.807, 2.05) is 0 Å². The van der Waals surface area contributed by atoms with E-state index in [1.54, 1.807) is 0 Å². The molecule has 0 radical (unpaired) electrons. The van der Waals surface area contributed by atoms with Crippen LogP contribution in [0.25, 0.3) is 0 Å². The number of aliphatic hydroxyl groups is 1. The van der Waals surface area contributed by atoms with Crippen molar-refractivity contribution in [1.29, 1.82) is 0 Å². The highest BCUT2D eigenvalue weighted by Gasteiger charge is 2.38. The maximum Gasteiger partial charge on any atom is 0.303 e. The van der Waals surface area contributed by atoms with E-state index in [0.717, 1.165) is 0 Å². The van der Waals surface area contributed by atoms with Gasteiger partial charge >= 0.3 is 5.97 Å². The van der Waals surface area contributed by atoms with Gasteiger partial charge in [-0.2, -0.15) is 0 Å². The van der Waals surface area contributed by atoms with Crippen LogP contribution >= 0.6 is 0 Å². The molecule has 5 nitrogen and oxygen atoms in total. The minimum atomic E-state index is -3.00. The van der Waals surface area contributed by atoms with Crippen molar-refractivity contribution in [3.8, 4) is 0 Å². The van der Waals surface area contributed by atoms with Crippen molar-refractivity contribution >= 4 is 15.8 Å². The molecule has 0 aliphatic carbocycles. The standard InChI is InChI=1S/C8H14O5S/c9-6-8(5-7(10)11)1-3-14(12,13)4-2-8/h9H,1-6H2,(H,10,11). The van der Waals surface area contributed by atoms with E-state index in [9.17, 15) is 13.2 Å². The Kier molecular flexibility index (Phi) is 3.16. The smallest absolute Gasteiger partial charge is 0.303 e. The second-order valence-corrected chi connectivity index (χ2v) is 6.18. The molecule has 1 rings (SSSR count). The molecule has 0 aromatic heterocycles. The van der Waals surface area contributed by atoms with Gasteiger partial charge in [0.1, 0.15) is 9.84 Å². The lowest BCUT2D eigenvalue weighted by molar-refractivity contribution is -0.140. The van der Waals surface area contributed by atoms with E-state index in [-0.39, 0.29) is 37.4 Å². The van der Waals surface area contributed by atoms with Crippen LogP contribution in [0.3, 0.4) is 0 Å². The summed E-state index contributed by atoms with van der Waals surface area (Å²) in [4.78, 5) is 10.5.